The van der Waals surface area contributed by atoms with Gasteiger partial charge in [0.1, 0.15) is 12.4 Å². The molecule has 2 amide bonds. The van der Waals surface area contributed by atoms with Crippen LogP contribution in [0.25, 0.3) is 0 Å². The lowest BCUT2D eigenvalue weighted by atomic mass is 10.2. The van der Waals surface area contributed by atoms with Crippen LogP contribution in [0.4, 0.5) is 4.79 Å². The molecule has 7 nitrogen and oxygen atoms in total. The zero-order chi connectivity index (χ0) is 21.3. The van der Waals surface area contributed by atoms with Gasteiger partial charge in [0, 0.05) is 12.1 Å². The van der Waals surface area contributed by atoms with Crippen LogP contribution in [0, 0.1) is 0 Å². The molecule has 0 radical (unpaired) electrons. The molecule has 0 aliphatic carbocycles. The van der Waals surface area contributed by atoms with Gasteiger partial charge in [-0.15, -0.1) is 0 Å². The molecule has 0 saturated heterocycles. The molecule has 0 bridgehead atoms. The lowest BCUT2D eigenvalue weighted by molar-refractivity contribution is -0.871. The van der Waals surface area contributed by atoms with Crippen molar-refractivity contribution in [2.24, 2.45) is 0 Å². The Bertz CT molecular complexity index is 803. The predicted molar refractivity (Wildman–Crippen MR) is 112 cm³/mol. The van der Waals surface area contributed by atoms with Gasteiger partial charge >= 0.3 is 12.0 Å². The molecule has 0 saturated carbocycles. The largest absolute Gasteiger partial charge is 0.489 e. The van der Waals surface area contributed by atoms with Crippen molar-refractivity contribution >= 4 is 12.0 Å². The van der Waals surface area contributed by atoms with Crippen LogP contribution in [0.15, 0.2) is 54.6 Å². The van der Waals surface area contributed by atoms with Gasteiger partial charge in [0.2, 0.25) is 0 Å². The molecule has 156 valence electrons. The molecule has 1 atom stereocenters. The van der Waals surface area contributed by atoms with Crippen LogP contribution in [0.5, 0.6) is 5.75 Å². The standard InChI is InChI=1S/C22H29N3O4/c1-25(2,3)15-19(13-21(26)27)24-22(28)23-14-18-11-7-8-12-20(18)29-16-17-9-5-4-6-10-17/h4-12,19H,13-16H2,1-3H3,(H2-,23,24,26,27,28)/p+1. The van der Waals surface area contributed by atoms with E-state index in [1.165, 1.54) is 0 Å². The number of benzene rings is 2. The second-order valence-electron chi connectivity index (χ2n) is 7.98. The van der Waals surface area contributed by atoms with E-state index in [0.29, 0.717) is 23.4 Å². The first-order chi connectivity index (χ1) is 13.7. The Labute approximate surface area is 171 Å². The molecule has 0 aliphatic heterocycles. The number of urea groups is 1. The number of aliphatic carboxylic acids is 1. The van der Waals surface area contributed by atoms with Crippen molar-refractivity contribution in [3.63, 3.8) is 0 Å². The minimum absolute atomic E-state index is 0.125. The number of quaternary nitrogens is 1. The molecule has 7 heteroatoms. The maximum atomic E-state index is 12.3. The smallest absolute Gasteiger partial charge is 0.315 e. The Morgan fingerprint density at radius 1 is 1.03 bits per heavy atom. The molecule has 0 fully saturated rings. The summed E-state index contributed by atoms with van der Waals surface area (Å²) in [6.45, 7) is 1.23. The highest BCUT2D eigenvalue weighted by Gasteiger charge is 2.22. The van der Waals surface area contributed by atoms with Gasteiger partial charge in [-0.25, -0.2) is 4.79 Å². The summed E-state index contributed by atoms with van der Waals surface area (Å²) in [4.78, 5) is 23.4. The van der Waals surface area contributed by atoms with E-state index in [1.807, 2.05) is 75.7 Å². The molecule has 1 unspecified atom stereocenters. The summed E-state index contributed by atoms with van der Waals surface area (Å²) in [7, 11) is 5.86. The summed E-state index contributed by atoms with van der Waals surface area (Å²) in [6, 6.07) is 16.5. The number of rotatable bonds is 10. The first kappa shape index (κ1) is 22.2. The van der Waals surface area contributed by atoms with Gasteiger partial charge in [0.05, 0.1) is 40.2 Å². The molecule has 0 spiro atoms. The number of nitrogens with zero attached hydrogens (tertiary/aromatic N) is 1. The number of ether oxygens (including phenoxy) is 1. The molecule has 0 aliphatic rings. The number of hydrogen-bond donors (Lipinski definition) is 3. The number of carboxylic acids is 1. The summed E-state index contributed by atoms with van der Waals surface area (Å²) < 4.78 is 6.45. The van der Waals surface area contributed by atoms with Crippen LogP contribution in [0.3, 0.4) is 0 Å². The summed E-state index contributed by atoms with van der Waals surface area (Å²) in [5.41, 5.74) is 1.91. The van der Waals surface area contributed by atoms with Gasteiger partial charge in [-0.1, -0.05) is 48.5 Å². The first-order valence-corrected chi connectivity index (χ1v) is 9.54. The van der Waals surface area contributed by atoms with E-state index in [9.17, 15) is 9.59 Å². The quantitative estimate of drug-likeness (QED) is 0.535. The van der Waals surface area contributed by atoms with Gasteiger partial charge in [-0.2, -0.15) is 0 Å². The highest BCUT2D eigenvalue weighted by atomic mass is 16.5. The highest BCUT2D eigenvalue weighted by molar-refractivity contribution is 5.75. The third-order valence-corrected chi connectivity index (χ3v) is 4.17. The third kappa shape index (κ3) is 8.66. The van der Waals surface area contributed by atoms with Crippen molar-refractivity contribution in [2.45, 2.75) is 25.6 Å². The SMILES string of the molecule is C[N+](C)(C)CC(CC(=O)O)NC(=O)NCc1ccccc1OCc1ccccc1. The van der Waals surface area contributed by atoms with E-state index in [4.69, 9.17) is 9.84 Å². The molecule has 2 rings (SSSR count). The van der Waals surface area contributed by atoms with Crippen LogP contribution in [0.2, 0.25) is 0 Å². The number of carboxylic acid groups (broad SMARTS) is 1. The number of amides is 2. The van der Waals surface area contributed by atoms with Crippen molar-refractivity contribution in [2.75, 3.05) is 27.7 Å². The highest BCUT2D eigenvalue weighted by Crippen LogP contribution is 2.19. The van der Waals surface area contributed by atoms with Crippen molar-refractivity contribution in [1.82, 2.24) is 10.6 Å². The molecule has 2 aromatic carbocycles. The van der Waals surface area contributed by atoms with E-state index in [1.54, 1.807) is 0 Å². The van der Waals surface area contributed by atoms with Crippen LogP contribution in [-0.2, 0) is 17.9 Å². The second-order valence-corrected chi connectivity index (χ2v) is 7.98. The number of likely N-dealkylation sites (N-methyl/N-ethyl adjacent to an activating group) is 1. The van der Waals surface area contributed by atoms with Gasteiger partial charge in [-0.05, 0) is 11.6 Å². The maximum Gasteiger partial charge on any atom is 0.315 e. The van der Waals surface area contributed by atoms with Crippen LogP contribution in [0.1, 0.15) is 17.5 Å². The third-order valence-electron chi connectivity index (χ3n) is 4.17. The van der Waals surface area contributed by atoms with Gasteiger partial charge in [-0.3, -0.25) is 4.79 Å². The molecule has 29 heavy (non-hydrogen) atoms. The van der Waals surface area contributed by atoms with Crippen LogP contribution >= 0.6 is 0 Å². The fourth-order valence-electron chi connectivity index (χ4n) is 2.97. The summed E-state index contributed by atoms with van der Waals surface area (Å²) in [6.07, 6.45) is -0.125. The molecule has 2 aromatic rings. The molecule has 3 N–H and O–H groups in total. The lowest BCUT2D eigenvalue weighted by Crippen LogP contribution is -2.51. The minimum Gasteiger partial charge on any atom is -0.489 e. The maximum absolute atomic E-state index is 12.3. The first-order valence-electron chi connectivity index (χ1n) is 9.54. The number of hydrogen-bond acceptors (Lipinski definition) is 3. The normalized spacial score (nSPS) is 12.1. The topological polar surface area (TPSA) is 87.7 Å². The Morgan fingerprint density at radius 3 is 2.34 bits per heavy atom. The van der Waals surface area contributed by atoms with E-state index in [0.717, 1.165) is 11.1 Å². The summed E-state index contributed by atoms with van der Waals surface area (Å²) in [5.74, 6) is -0.242. The van der Waals surface area contributed by atoms with Gasteiger partial charge in [0.15, 0.2) is 0 Å². The molecular weight excluding hydrogens is 370 g/mol. The van der Waals surface area contributed by atoms with Crippen molar-refractivity contribution in [1.29, 1.82) is 0 Å². The fraction of sp³-hybridized carbons (Fsp3) is 0.364. The Kier molecular flexibility index (Phi) is 8.03. The van der Waals surface area contributed by atoms with Crippen LogP contribution < -0.4 is 15.4 Å². The molecule has 0 heterocycles. The zero-order valence-corrected chi connectivity index (χ0v) is 17.2. The fourth-order valence-corrected chi connectivity index (χ4v) is 2.97. The van der Waals surface area contributed by atoms with E-state index >= 15 is 0 Å². The molecule has 0 aromatic heterocycles. The lowest BCUT2D eigenvalue weighted by Gasteiger charge is -2.29. The number of carbonyl (C=O) groups is 2. The van der Waals surface area contributed by atoms with Crippen LogP contribution in [-0.4, -0.2) is 55.3 Å². The van der Waals surface area contributed by atoms with Gasteiger partial charge in [0.25, 0.3) is 0 Å². The van der Waals surface area contributed by atoms with Crippen molar-refractivity contribution in [3.05, 3.63) is 65.7 Å². The van der Waals surface area contributed by atoms with E-state index in [2.05, 4.69) is 10.6 Å². The summed E-state index contributed by atoms with van der Waals surface area (Å²) in [5, 5.41) is 14.7. The van der Waals surface area contributed by atoms with Gasteiger partial charge < -0.3 is 25.0 Å². The average molecular weight is 400 g/mol. The van der Waals surface area contributed by atoms with E-state index in [-0.39, 0.29) is 13.0 Å². The zero-order valence-electron chi connectivity index (χ0n) is 17.2. The van der Waals surface area contributed by atoms with Crippen molar-refractivity contribution in [3.8, 4) is 5.75 Å². The van der Waals surface area contributed by atoms with E-state index < -0.39 is 18.0 Å². The van der Waals surface area contributed by atoms with Crippen molar-refractivity contribution < 1.29 is 23.9 Å². The predicted octanol–water partition coefficient (Wildman–Crippen LogP) is 2.61. The summed E-state index contributed by atoms with van der Waals surface area (Å²) >= 11 is 0. The average Bonchev–Trinajstić information content (AvgIpc) is 2.64. The molecular formula is C22H30N3O4+. The monoisotopic (exact) mass is 400 g/mol. The Hall–Kier alpha value is -3.06. The minimum atomic E-state index is -0.941. The number of para-hydroxylation sites is 1. The Balaban J connectivity index is 1.92. The number of nitrogens with one attached hydrogen (secondary N) is 2. The second kappa shape index (κ2) is 10.5. The Morgan fingerprint density at radius 2 is 1.69 bits per heavy atom. The number of carbonyl (C=O) groups excluding carboxylic acids is 1.